The quantitative estimate of drug-likeness (QED) is 0.664. The maximum absolute atomic E-state index is 5.79. The second-order valence-corrected chi connectivity index (χ2v) is 7.66. The first-order valence-electron chi connectivity index (χ1n) is 7.74. The summed E-state index contributed by atoms with van der Waals surface area (Å²) < 4.78 is 0. The third-order valence-electron chi connectivity index (χ3n) is 5.36. The number of nitrogens with two attached hydrogens (primary N) is 1. The summed E-state index contributed by atoms with van der Waals surface area (Å²) in [5.74, 6) is 0.786. The van der Waals surface area contributed by atoms with E-state index in [0.717, 1.165) is 24.5 Å². The summed E-state index contributed by atoms with van der Waals surface area (Å²) >= 11 is 0. The van der Waals surface area contributed by atoms with E-state index in [1.54, 1.807) is 0 Å². The van der Waals surface area contributed by atoms with Crippen molar-refractivity contribution in [2.24, 2.45) is 22.5 Å². The molecule has 1 aliphatic rings. The fourth-order valence-electron chi connectivity index (χ4n) is 3.43. The van der Waals surface area contributed by atoms with Gasteiger partial charge >= 0.3 is 0 Å². The van der Waals surface area contributed by atoms with Crippen molar-refractivity contribution in [2.75, 3.05) is 6.54 Å². The lowest BCUT2D eigenvalue weighted by molar-refractivity contribution is 0.0354. The molecule has 0 aliphatic heterocycles. The van der Waals surface area contributed by atoms with E-state index in [0.29, 0.717) is 10.8 Å². The molecule has 0 aromatic rings. The van der Waals surface area contributed by atoms with Crippen LogP contribution in [0.15, 0.2) is 24.3 Å². The first-order valence-corrected chi connectivity index (χ1v) is 7.74. The zero-order valence-corrected chi connectivity index (χ0v) is 13.5. The van der Waals surface area contributed by atoms with Gasteiger partial charge in [-0.2, -0.15) is 0 Å². The highest BCUT2D eigenvalue weighted by molar-refractivity contribution is 5.22. The largest absolute Gasteiger partial charge is 0.330 e. The fourth-order valence-corrected chi connectivity index (χ4v) is 3.43. The summed E-state index contributed by atoms with van der Waals surface area (Å²) in [6.45, 7) is 18.3. The molecule has 2 N–H and O–H groups in total. The lowest BCUT2D eigenvalue weighted by Crippen LogP contribution is -2.38. The Hall–Kier alpha value is -0.560. The normalized spacial score (nSPS) is 30.1. The van der Waals surface area contributed by atoms with Crippen molar-refractivity contribution in [1.29, 1.82) is 0 Å². The molecule has 0 amide bonds. The van der Waals surface area contributed by atoms with Crippen LogP contribution in [-0.4, -0.2) is 6.54 Å². The lowest BCUT2D eigenvalue weighted by atomic mass is 9.58. The molecular formula is C18H33N. The number of hydrogen-bond donors (Lipinski definition) is 1. The minimum Gasteiger partial charge on any atom is -0.330 e. The molecule has 1 heteroatoms. The Balaban J connectivity index is 2.66. The first kappa shape index (κ1) is 16.5. The van der Waals surface area contributed by atoms with Crippen LogP contribution >= 0.6 is 0 Å². The van der Waals surface area contributed by atoms with Crippen LogP contribution in [0.4, 0.5) is 0 Å². The molecule has 0 radical (unpaired) electrons. The molecule has 0 spiro atoms. The van der Waals surface area contributed by atoms with Crippen molar-refractivity contribution >= 4 is 0 Å². The first-order chi connectivity index (χ1) is 8.70. The minimum absolute atomic E-state index is 0.458. The topological polar surface area (TPSA) is 26.0 Å². The molecular weight excluding hydrogens is 230 g/mol. The standard InChI is InChI=1S/C18H33N/c1-14(2)15(3)7-8-16-13-18(6,11-12-19)10-9-17(16,4)5/h16H,1,3,7-13,19H2,2,4-6H3. The summed E-state index contributed by atoms with van der Waals surface area (Å²) in [7, 11) is 0. The summed E-state index contributed by atoms with van der Waals surface area (Å²) in [6.07, 6.45) is 7.49. The average Bonchev–Trinajstić information content (AvgIpc) is 2.31. The number of hydrogen-bond acceptors (Lipinski definition) is 1. The molecule has 1 aliphatic carbocycles. The van der Waals surface area contributed by atoms with Gasteiger partial charge < -0.3 is 5.73 Å². The zero-order valence-electron chi connectivity index (χ0n) is 13.5. The summed E-state index contributed by atoms with van der Waals surface area (Å²) in [4.78, 5) is 0. The fraction of sp³-hybridized carbons (Fsp3) is 0.778. The zero-order chi connectivity index (χ0) is 14.7. The predicted octanol–water partition coefficient (Wildman–Crippen LogP) is 5.08. The highest BCUT2D eigenvalue weighted by Crippen LogP contribution is 2.51. The molecule has 110 valence electrons. The second kappa shape index (κ2) is 6.26. The monoisotopic (exact) mass is 263 g/mol. The van der Waals surface area contributed by atoms with Crippen molar-refractivity contribution in [2.45, 2.75) is 66.2 Å². The van der Waals surface area contributed by atoms with Gasteiger partial charge in [0, 0.05) is 0 Å². The van der Waals surface area contributed by atoms with E-state index >= 15 is 0 Å². The van der Waals surface area contributed by atoms with Crippen LogP contribution in [0.25, 0.3) is 0 Å². The predicted molar refractivity (Wildman–Crippen MR) is 86.1 cm³/mol. The maximum Gasteiger partial charge on any atom is -0.00721 e. The highest BCUT2D eigenvalue weighted by Gasteiger charge is 2.41. The molecule has 0 aromatic heterocycles. The van der Waals surface area contributed by atoms with Crippen LogP contribution < -0.4 is 5.73 Å². The summed E-state index contributed by atoms with van der Waals surface area (Å²) in [5, 5.41) is 0. The van der Waals surface area contributed by atoms with E-state index in [-0.39, 0.29) is 0 Å². The maximum atomic E-state index is 5.79. The van der Waals surface area contributed by atoms with Crippen LogP contribution in [0, 0.1) is 16.7 Å². The Morgan fingerprint density at radius 3 is 2.37 bits per heavy atom. The Bertz CT molecular complexity index is 340. The van der Waals surface area contributed by atoms with E-state index < -0.39 is 0 Å². The SMILES string of the molecule is C=C(C)C(=C)CCC1CC(C)(CCN)CCC1(C)C. The molecule has 1 rings (SSSR count). The van der Waals surface area contributed by atoms with E-state index in [2.05, 4.69) is 40.9 Å². The smallest absolute Gasteiger partial charge is 0.00721 e. The van der Waals surface area contributed by atoms with Gasteiger partial charge in [-0.15, -0.1) is 0 Å². The summed E-state index contributed by atoms with van der Waals surface area (Å²) in [6, 6.07) is 0. The second-order valence-electron chi connectivity index (χ2n) is 7.66. The van der Waals surface area contributed by atoms with Gasteiger partial charge in [-0.05, 0) is 68.7 Å². The van der Waals surface area contributed by atoms with Crippen LogP contribution in [0.3, 0.4) is 0 Å². The van der Waals surface area contributed by atoms with Crippen LogP contribution in [0.2, 0.25) is 0 Å². The molecule has 0 heterocycles. The molecule has 0 bridgehead atoms. The number of allylic oxidation sites excluding steroid dienone is 2. The third-order valence-corrected chi connectivity index (χ3v) is 5.36. The van der Waals surface area contributed by atoms with Gasteiger partial charge in [0.25, 0.3) is 0 Å². The van der Waals surface area contributed by atoms with Gasteiger partial charge in [-0.1, -0.05) is 45.1 Å². The Kier molecular flexibility index (Phi) is 5.43. The van der Waals surface area contributed by atoms with E-state index in [1.807, 2.05) is 0 Å². The molecule has 0 saturated heterocycles. The molecule has 0 aromatic carbocycles. The van der Waals surface area contributed by atoms with Gasteiger partial charge in [0.15, 0.2) is 0 Å². The molecule has 2 unspecified atom stereocenters. The molecule has 1 nitrogen and oxygen atoms in total. The van der Waals surface area contributed by atoms with Gasteiger partial charge in [0.05, 0.1) is 0 Å². The minimum atomic E-state index is 0.458. The Morgan fingerprint density at radius 1 is 1.21 bits per heavy atom. The van der Waals surface area contributed by atoms with Crippen molar-refractivity contribution in [3.05, 3.63) is 24.3 Å². The number of rotatable bonds is 6. The van der Waals surface area contributed by atoms with Crippen molar-refractivity contribution < 1.29 is 0 Å². The van der Waals surface area contributed by atoms with Crippen molar-refractivity contribution in [1.82, 2.24) is 0 Å². The summed E-state index contributed by atoms with van der Waals surface area (Å²) in [5.41, 5.74) is 9.07. The molecule has 19 heavy (non-hydrogen) atoms. The van der Waals surface area contributed by atoms with Gasteiger partial charge in [0.1, 0.15) is 0 Å². The Labute approximate surface area is 120 Å². The third kappa shape index (κ3) is 4.49. The van der Waals surface area contributed by atoms with E-state index in [1.165, 1.54) is 37.7 Å². The van der Waals surface area contributed by atoms with Crippen LogP contribution in [0.1, 0.15) is 66.2 Å². The lowest BCUT2D eigenvalue weighted by Gasteiger charge is -2.48. The van der Waals surface area contributed by atoms with Crippen molar-refractivity contribution in [3.63, 3.8) is 0 Å². The molecule has 2 atom stereocenters. The van der Waals surface area contributed by atoms with Crippen LogP contribution in [0.5, 0.6) is 0 Å². The van der Waals surface area contributed by atoms with Gasteiger partial charge in [-0.3, -0.25) is 0 Å². The van der Waals surface area contributed by atoms with Gasteiger partial charge in [-0.25, -0.2) is 0 Å². The molecule has 1 fully saturated rings. The van der Waals surface area contributed by atoms with Crippen LogP contribution in [-0.2, 0) is 0 Å². The Morgan fingerprint density at radius 2 is 1.84 bits per heavy atom. The molecule has 1 saturated carbocycles. The highest BCUT2D eigenvalue weighted by atomic mass is 14.6. The average molecular weight is 263 g/mol. The van der Waals surface area contributed by atoms with Gasteiger partial charge in [0.2, 0.25) is 0 Å². The van der Waals surface area contributed by atoms with Crippen molar-refractivity contribution in [3.8, 4) is 0 Å². The van der Waals surface area contributed by atoms with E-state index in [4.69, 9.17) is 5.73 Å². The van der Waals surface area contributed by atoms with E-state index in [9.17, 15) is 0 Å².